The van der Waals surface area contributed by atoms with Gasteiger partial charge in [0.25, 0.3) is 0 Å². The van der Waals surface area contributed by atoms with Crippen molar-refractivity contribution in [2.45, 2.75) is 57.9 Å². The maximum absolute atomic E-state index is 6.11. The maximum atomic E-state index is 6.11. The molecule has 2 nitrogen and oxygen atoms in total. The van der Waals surface area contributed by atoms with Crippen LogP contribution in [0.5, 0.6) is 0 Å². The molecule has 16 heavy (non-hydrogen) atoms. The molecule has 0 aromatic carbocycles. The quantitative estimate of drug-likeness (QED) is 0.798. The van der Waals surface area contributed by atoms with Gasteiger partial charge in [-0.05, 0) is 50.5 Å². The Kier molecular flexibility index (Phi) is 3.91. The van der Waals surface area contributed by atoms with Crippen molar-refractivity contribution in [3.63, 3.8) is 0 Å². The largest absolute Gasteiger partial charge is 0.329 e. The van der Waals surface area contributed by atoms with Gasteiger partial charge in [-0.3, -0.25) is 4.90 Å². The molecule has 0 aromatic rings. The van der Waals surface area contributed by atoms with Crippen LogP contribution in [0.1, 0.15) is 52.4 Å². The predicted octanol–water partition coefficient (Wildman–Crippen LogP) is 2.63. The van der Waals surface area contributed by atoms with Crippen LogP contribution >= 0.6 is 0 Å². The molecule has 1 aliphatic carbocycles. The molecule has 1 aliphatic heterocycles. The van der Waals surface area contributed by atoms with Gasteiger partial charge in [-0.1, -0.05) is 20.3 Å². The Bertz CT molecular complexity index is 229. The van der Waals surface area contributed by atoms with Crippen LogP contribution in [0.2, 0.25) is 0 Å². The lowest BCUT2D eigenvalue weighted by Gasteiger charge is -2.45. The normalized spacial score (nSPS) is 41.4. The van der Waals surface area contributed by atoms with E-state index in [4.69, 9.17) is 5.73 Å². The van der Waals surface area contributed by atoms with Gasteiger partial charge in [-0.2, -0.15) is 0 Å². The standard InChI is InChI=1S/C14H28N2/c1-3-13-5-4-8-16(10-13)14(11-15)7-6-12(2)9-14/h12-13H,3-11,15H2,1-2H3. The van der Waals surface area contributed by atoms with E-state index in [1.54, 1.807) is 0 Å². The first-order valence-electron chi connectivity index (χ1n) is 7.15. The van der Waals surface area contributed by atoms with E-state index in [0.717, 1.165) is 18.4 Å². The Morgan fingerprint density at radius 1 is 1.38 bits per heavy atom. The maximum Gasteiger partial charge on any atom is 0.0334 e. The Morgan fingerprint density at radius 3 is 2.75 bits per heavy atom. The first-order valence-corrected chi connectivity index (χ1v) is 7.15. The number of nitrogens with zero attached hydrogens (tertiary/aromatic N) is 1. The van der Waals surface area contributed by atoms with Crippen molar-refractivity contribution in [2.24, 2.45) is 17.6 Å². The second kappa shape index (κ2) is 5.05. The number of nitrogens with two attached hydrogens (primary N) is 1. The lowest BCUT2D eigenvalue weighted by molar-refractivity contribution is 0.0481. The van der Waals surface area contributed by atoms with E-state index in [9.17, 15) is 0 Å². The van der Waals surface area contributed by atoms with Crippen LogP contribution in [0.3, 0.4) is 0 Å². The molecule has 1 saturated carbocycles. The van der Waals surface area contributed by atoms with E-state index in [1.807, 2.05) is 0 Å². The fourth-order valence-corrected chi connectivity index (χ4v) is 3.80. The minimum Gasteiger partial charge on any atom is -0.329 e. The van der Waals surface area contributed by atoms with Crippen LogP contribution in [0.15, 0.2) is 0 Å². The monoisotopic (exact) mass is 224 g/mol. The van der Waals surface area contributed by atoms with Crippen molar-refractivity contribution in [3.8, 4) is 0 Å². The molecule has 0 amide bonds. The third kappa shape index (κ3) is 2.28. The number of rotatable bonds is 3. The highest BCUT2D eigenvalue weighted by molar-refractivity contribution is 4.99. The molecule has 2 rings (SSSR count). The summed E-state index contributed by atoms with van der Waals surface area (Å²) in [6, 6.07) is 0. The van der Waals surface area contributed by atoms with Crippen molar-refractivity contribution in [1.82, 2.24) is 4.90 Å². The fraction of sp³-hybridized carbons (Fsp3) is 1.00. The molecule has 0 spiro atoms. The zero-order valence-corrected chi connectivity index (χ0v) is 11.0. The highest BCUT2D eigenvalue weighted by Gasteiger charge is 2.42. The second-order valence-corrected chi connectivity index (χ2v) is 6.14. The van der Waals surface area contributed by atoms with Crippen LogP contribution in [-0.2, 0) is 0 Å². The van der Waals surface area contributed by atoms with Crippen molar-refractivity contribution in [2.75, 3.05) is 19.6 Å². The molecule has 0 aromatic heterocycles. The highest BCUT2D eigenvalue weighted by Crippen LogP contribution is 2.40. The molecule has 0 bridgehead atoms. The third-order valence-electron chi connectivity index (χ3n) is 4.98. The summed E-state index contributed by atoms with van der Waals surface area (Å²) in [5, 5.41) is 0. The summed E-state index contributed by atoms with van der Waals surface area (Å²) in [6.07, 6.45) is 8.20. The summed E-state index contributed by atoms with van der Waals surface area (Å²) in [6.45, 7) is 8.19. The molecule has 2 heteroatoms. The van der Waals surface area contributed by atoms with E-state index >= 15 is 0 Å². The fourth-order valence-electron chi connectivity index (χ4n) is 3.80. The molecule has 2 aliphatic rings. The van der Waals surface area contributed by atoms with E-state index in [0.29, 0.717) is 5.54 Å². The Morgan fingerprint density at radius 2 is 2.19 bits per heavy atom. The molecule has 1 saturated heterocycles. The Balaban J connectivity index is 2.03. The summed E-state index contributed by atoms with van der Waals surface area (Å²) < 4.78 is 0. The first kappa shape index (κ1) is 12.4. The lowest BCUT2D eigenvalue weighted by Crippen LogP contribution is -2.55. The Hall–Kier alpha value is -0.0800. The van der Waals surface area contributed by atoms with Gasteiger partial charge in [-0.15, -0.1) is 0 Å². The van der Waals surface area contributed by atoms with Gasteiger partial charge in [-0.25, -0.2) is 0 Å². The van der Waals surface area contributed by atoms with Gasteiger partial charge < -0.3 is 5.73 Å². The van der Waals surface area contributed by atoms with Crippen LogP contribution in [-0.4, -0.2) is 30.1 Å². The van der Waals surface area contributed by atoms with Crippen molar-refractivity contribution < 1.29 is 0 Å². The highest BCUT2D eigenvalue weighted by atomic mass is 15.2. The topological polar surface area (TPSA) is 29.3 Å². The summed E-state index contributed by atoms with van der Waals surface area (Å²) in [5.74, 6) is 1.80. The summed E-state index contributed by atoms with van der Waals surface area (Å²) in [5.41, 5.74) is 6.48. The number of hydrogen-bond acceptors (Lipinski definition) is 2. The van der Waals surface area contributed by atoms with Gasteiger partial charge >= 0.3 is 0 Å². The number of piperidine rings is 1. The molecular weight excluding hydrogens is 196 g/mol. The predicted molar refractivity (Wildman–Crippen MR) is 69.4 cm³/mol. The average Bonchev–Trinajstić information content (AvgIpc) is 2.72. The molecule has 3 unspecified atom stereocenters. The zero-order valence-electron chi connectivity index (χ0n) is 11.0. The van der Waals surface area contributed by atoms with Gasteiger partial charge in [0.1, 0.15) is 0 Å². The summed E-state index contributed by atoms with van der Waals surface area (Å²) in [7, 11) is 0. The van der Waals surface area contributed by atoms with Gasteiger partial charge in [0.2, 0.25) is 0 Å². The van der Waals surface area contributed by atoms with Crippen molar-refractivity contribution >= 4 is 0 Å². The minimum atomic E-state index is 0.368. The van der Waals surface area contributed by atoms with Gasteiger partial charge in [0, 0.05) is 18.6 Å². The van der Waals surface area contributed by atoms with Gasteiger partial charge in [0.05, 0.1) is 0 Å². The van der Waals surface area contributed by atoms with Crippen LogP contribution in [0.4, 0.5) is 0 Å². The lowest BCUT2D eigenvalue weighted by atomic mass is 9.87. The molecular formula is C14H28N2. The molecule has 94 valence electrons. The van der Waals surface area contributed by atoms with Crippen LogP contribution in [0, 0.1) is 11.8 Å². The van der Waals surface area contributed by atoms with Crippen LogP contribution in [0.25, 0.3) is 0 Å². The molecule has 1 heterocycles. The average molecular weight is 224 g/mol. The first-order chi connectivity index (χ1) is 7.70. The van der Waals surface area contributed by atoms with E-state index in [2.05, 4.69) is 18.7 Å². The van der Waals surface area contributed by atoms with Crippen molar-refractivity contribution in [1.29, 1.82) is 0 Å². The molecule has 2 fully saturated rings. The third-order valence-corrected chi connectivity index (χ3v) is 4.98. The second-order valence-electron chi connectivity index (χ2n) is 6.14. The molecule has 2 N–H and O–H groups in total. The van der Waals surface area contributed by atoms with E-state index in [-0.39, 0.29) is 0 Å². The van der Waals surface area contributed by atoms with E-state index in [1.165, 1.54) is 51.6 Å². The van der Waals surface area contributed by atoms with Crippen molar-refractivity contribution in [3.05, 3.63) is 0 Å². The van der Waals surface area contributed by atoms with Gasteiger partial charge in [0.15, 0.2) is 0 Å². The molecule has 3 atom stereocenters. The molecule has 0 radical (unpaired) electrons. The summed E-state index contributed by atoms with van der Waals surface area (Å²) >= 11 is 0. The van der Waals surface area contributed by atoms with E-state index < -0.39 is 0 Å². The number of likely N-dealkylation sites (tertiary alicyclic amines) is 1. The Labute approximate surface area is 101 Å². The SMILES string of the molecule is CCC1CCCN(C2(CN)CCC(C)C2)C1. The zero-order chi connectivity index (χ0) is 11.6. The number of hydrogen-bond donors (Lipinski definition) is 1. The van der Waals surface area contributed by atoms with Crippen LogP contribution < -0.4 is 5.73 Å². The summed E-state index contributed by atoms with van der Waals surface area (Å²) in [4.78, 5) is 2.74. The minimum absolute atomic E-state index is 0.368. The smallest absolute Gasteiger partial charge is 0.0334 e.